The first-order chi connectivity index (χ1) is 9.12. The molecule has 1 aliphatic rings. The number of nitrogens with zero attached hydrogens (tertiary/aromatic N) is 2. The van der Waals surface area contributed by atoms with E-state index in [1.165, 1.54) is 0 Å². The zero-order chi connectivity index (χ0) is 13.7. The maximum absolute atomic E-state index is 12.1. The lowest BCUT2D eigenvalue weighted by Crippen LogP contribution is -2.32. The van der Waals surface area contributed by atoms with E-state index in [1.807, 2.05) is 6.92 Å². The van der Waals surface area contributed by atoms with Crippen molar-refractivity contribution in [3.63, 3.8) is 0 Å². The highest BCUT2D eigenvalue weighted by molar-refractivity contribution is 7.89. The molecule has 0 N–H and O–H groups in total. The van der Waals surface area contributed by atoms with Crippen molar-refractivity contribution >= 4 is 10.0 Å². The first kappa shape index (κ1) is 14.3. The van der Waals surface area contributed by atoms with Gasteiger partial charge in [-0.1, -0.05) is 13.3 Å². The third-order valence-corrected chi connectivity index (χ3v) is 5.13. The molecule has 0 bridgehead atoms. The number of hydrogen-bond acceptors (Lipinski definition) is 4. The predicted octanol–water partition coefficient (Wildman–Crippen LogP) is 1.66. The minimum Gasteiger partial charge on any atom is -0.489 e. The van der Waals surface area contributed by atoms with Gasteiger partial charge < -0.3 is 4.74 Å². The van der Waals surface area contributed by atoms with Crippen LogP contribution in [0.4, 0.5) is 0 Å². The Morgan fingerprint density at radius 1 is 1.42 bits per heavy atom. The van der Waals surface area contributed by atoms with E-state index in [0.717, 1.165) is 18.6 Å². The van der Waals surface area contributed by atoms with E-state index in [-0.39, 0.29) is 11.9 Å². The second-order valence-electron chi connectivity index (χ2n) is 4.74. The van der Waals surface area contributed by atoms with Crippen LogP contribution in [-0.2, 0) is 10.0 Å². The van der Waals surface area contributed by atoms with E-state index in [9.17, 15) is 8.42 Å². The van der Waals surface area contributed by atoms with Gasteiger partial charge in [-0.05, 0) is 25.0 Å². The van der Waals surface area contributed by atoms with Crippen molar-refractivity contribution in [1.82, 2.24) is 9.29 Å². The van der Waals surface area contributed by atoms with Gasteiger partial charge in [0.15, 0.2) is 0 Å². The lowest BCUT2D eigenvalue weighted by molar-refractivity contribution is 0.215. The molecule has 1 atom stereocenters. The number of unbranched alkanes of at least 4 members (excludes halogenated alkanes) is 1. The van der Waals surface area contributed by atoms with Crippen molar-refractivity contribution in [2.75, 3.05) is 18.8 Å². The van der Waals surface area contributed by atoms with Gasteiger partial charge in [0.1, 0.15) is 11.9 Å². The van der Waals surface area contributed by atoms with Gasteiger partial charge >= 0.3 is 0 Å². The molecule has 2 rings (SSSR count). The Hall–Kier alpha value is -1.14. The molecule has 2 heterocycles. The number of rotatable bonds is 6. The molecule has 0 unspecified atom stereocenters. The molecule has 0 radical (unpaired) electrons. The third-order valence-electron chi connectivity index (χ3n) is 3.21. The van der Waals surface area contributed by atoms with Crippen LogP contribution in [0.25, 0.3) is 0 Å². The minimum absolute atomic E-state index is 0.0567. The van der Waals surface area contributed by atoms with Gasteiger partial charge in [0.05, 0.1) is 12.3 Å². The van der Waals surface area contributed by atoms with E-state index >= 15 is 0 Å². The average Bonchev–Trinajstić information content (AvgIpc) is 2.87. The van der Waals surface area contributed by atoms with Crippen molar-refractivity contribution in [3.8, 4) is 5.75 Å². The van der Waals surface area contributed by atoms with E-state index in [1.54, 1.807) is 28.8 Å². The smallest absolute Gasteiger partial charge is 0.214 e. The van der Waals surface area contributed by atoms with Crippen molar-refractivity contribution in [3.05, 3.63) is 24.5 Å². The molecule has 6 heteroatoms. The summed E-state index contributed by atoms with van der Waals surface area (Å²) in [5.74, 6) is 0.985. The Morgan fingerprint density at radius 3 is 2.84 bits per heavy atom. The zero-order valence-corrected chi connectivity index (χ0v) is 12.0. The Labute approximate surface area is 114 Å². The first-order valence-electron chi connectivity index (χ1n) is 6.66. The zero-order valence-electron chi connectivity index (χ0n) is 11.2. The summed E-state index contributed by atoms with van der Waals surface area (Å²) in [5, 5.41) is 0. The molecule has 1 fully saturated rings. The fourth-order valence-electron chi connectivity index (χ4n) is 2.11. The minimum atomic E-state index is -3.11. The summed E-state index contributed by atoms with van der Waals surface area (Å²) in [6, 6.07) is 3.57. The van der Waals surface area contributed by atoms with Crippen molar-refractivity contribution in [1.29, 1.82) is 0 Å². The van der Waals surface area contributed by atoms with Crippen molar-refractivity contribution in [2.24, 2.45) is 0 Å². The molecule has 1 aromatic heterocycles. The van der Waals surface area contributed by atoms with Gasteiger partial charge in [0.2, 0.25) is 10.0 Å². The van der Waals surface area contributed by atoms with Crippen LogP contribution < -0.4 is 4.74 Å². The highest BCUT2D eigenvalue weighted by atomic mass is 32.2. The molecule has 19 heavy (non-hydrogen) atoms. The monoisotopic (exact) mass is 284 g/mol. The second-order valence-corrected chi connectivity index (χ2v) is 6.83. The van der Waals surface area contributed by atoms with Crippen molar-refractivity contribution in [2.45, 2.75) is 32.3 Å². The summed E-state index contributed by atoms with van der Waals surface area (Å²) in [7, 11) is -3.11. The largest absolute Gasteiger partial charge is 0.489 e. The Morgan fingerprint density at radius 2 is 2.16 bits per heavy atom. The Kier molecular flexibility index (Phi) is 4.76. The molecule has 0 spiro atoms. The van der Waals surface area contributed by atoms with Crippen molar-refractivity contribution < 1.29 is 13.2 Å². The van der Waals surface area contributed by atoms with Crippen LogP contribution >= 0.6 is 0 Å². The fourth-order valence-corrected chi connectivity index (χ4v) is 3.80. The number of hydrogen-bond donors (Lipinski definition) is 0. The van der Waals surface area contributed by atoms with Gasteiger partial charge in [-0.15, -0.1) is 0 Å². The third kappa shape index (κ3) is 3.91. The summed E-state index contributed by atoms with van der Waals surface area (Å²) in [6.07, 6.45) is 5.63. The van der Waals surface area contributed by atoms with Crippen LogP contribution in [0.1, 0.15) is 26.2 Å². The lowest BCUT2D eigenvalue weighted by Gasteiger charge is -2.17. The molecule has 1 aromatic rings. The van der Waals surface area contributed by atoms with E-state index in [4.69, 9.17) is 4.74 Å². The number of sulfonamides is 1. The number of pyridine rings is 1. The molecule has 0 aromatic carbocycles. The average molecular weight is 284 g/mol. The summed E-state index contributed by atoms with van der Waals surface area (Å²) in [6.45, 7) is 3.00. The SMILES string of the molecule is CCCCS(=O)(=O)N1CC[C@H](Oc2ccncc2)C1. The molecule has 0 aliphatic carbocycles. The summed E-state index contributed by atoms with van der Waals surface area (Å²) in [5.41, 5.74) is 0. The number of ether oxygens (including phenoxy) is 1. The predicted molar refractivity (Wildman–Crippen MR) is 73.5 cm³/mol. The summed E-state index contributed by atoms with van der Waals surface area (Å²) in [4.78, 5) is 3.92. The standard InChI is InChI=1S/C13H20N2O3S/c1-2-3-10-19(16,17)15-9-6-13(11-15)18-12-4-7-14-8-5-12/h4-5,7-8,13H,2-3,6,9-11H2,1H3/t13-/m0/s1. The Balaban J connectivity index is 1.89. The topological polar surface area (TPSA) is 59.5 Å². The van der Waals surface area contributed by atoms with Crippen LogP contribution in [0.2, 0.25) is 0 Å². The highest BCUT2D eigenvalue weighted by Crippen LogP contribution is 2.20. The molecule has 0 amide bonds. The summed E-state index contributed by atoms with van der Waals surface area (Å²) < 4.78 is 31.4. The molecule has 5 nitrogen and oxygen atoms in total. The van der Waals surface area contributed by atoms with E-state index in [0.29, 0.717) is 19.5 Å². The quantitative estimate of drug-likeness (QED) is 0.797. The fraction of sp³-hybridized carbons (Fsp3) is 0.615. The molecule has 1 saturated heterocycles. The van der Waals surface area contributed by atoms with E-state index < -0.39 is 10.0 Å². The van der Waals surface area contributed by atoms with Crippen LogP contribution in [0, 0.1) is 0 Å². The van der Waals surface area contributed by atoms with Crippen LogP contribution in [-0.4, -0.2) is 42.7 Å². The molecule has 106 valence electrons. The maximum Gasteiger partial charge on any atom is 0.214 e. The van der Waals surface area contributed by atoms with Crippen LogP contribution in [0.15, 0.2) is 24.5 Å². The lowest BCUT2D eigenvalue weighted by atomic mass is 10.3. The second kappa shape index (κ2) is 6.34. The first-order valence-corrected chi connectivity index (χ1v) is 8.27. The van der Waals surface area contributed by atoms with Gasteiger partial charge in [-0.2, -0.15) is 4.31 Å². The van der Waals surface area contributed by atoms with Gasteiger partial charge in [0.25, 0.3) is 0 Å². The highest BCUT2D eigenvalue weighted by Gasteiger charge is 2.31. The maximum atomic E-state index is 12.1. The molecule has 0 saturated carbocycles. The molecule has 1 aliphatic heterocycles. The molecular weight excluding hydrogens is 264 g/mol. The van der Waals surface area contributed by atoms with E-state index in [2.05, 4.69) is 4.98 Å². The number of aromatic nitrogens is 1. The Bertz CT molecular complexity index is 490. The van der Waals surface area contributed by atoms with Crippen LogP contribution in [0.3, 0.4) is 0 Å². The molecular formula is C13H20N2O3S. The van der Waals surface area contributed by atoms with Gasteiger partial charge in [-0.25, -0.2) is 8.42 Å². The van der Waals surface area contributed by atoms with Gasteiger partial charge in [-0.3, -0.25) is 4.98 Å². The van der Waals surface area contributed by atoms with Gasteiger partial charge in [0, 0.05) is 18.9 Å². The normalized spacial score (nSPS) is 20.6. The summed E-state index contributed by atoms with van der Waals surface area (Å²) >= 11 is 0. The van der Waals surface area contributed by atoms with Crippen LogP contribution in [0.5, 0.6) is 5.75 Å².